The highest BCUT2D eigenvalue weighted by atomic mass is 16.5. The summed E-state index contributed by atoms with van der Waals surface area (Å²) in [6, 6.07) is 9.47. The number of carbonyl (C=O) groups is 1. The number of nitrogen functional groups attached to an aromatic ring is 1. The van der Waals surface area contributed by atoms with Crippen molar-refractivity contribution in [1.82, 2.24) is 29.4 Å². The van der Waals surface area contributed by atoms with Gasteiger partial charge in [-0.1, -0.05) is 17.9 Å². The number of ether oxygens (including phenoxy) is 1. The largest absolute Gasteiger partial charge is 0.491 e. The molecule has 2 N–H and O–H groups in total. The average molecular weight is 492 g/mol. The van der Waals surface area contributed by atoms with E-state index in [-0.39, 0.29) is 11.9 Å². The van der Waals surface area contributed by atoms with Gasteiger partial charge in [-0.15, -0.1) is 0 Å². The van der Waals surface area contributed by atoms with Gasteiger partial charge in [0.05, 0.1) is 40.4 Å². The molecule has 3 aromatic heterocycles. The minimum Gasteiger partial charge on any atom is -0.491 e. The van der Waals surface area contributed by atoms with Crippen LogP contribution in [0.1, 0.15) is 38.7 Å². The molecule has 0 aliphatic carbocycles. The molecule has 184 valence electrons. The standard InChI is InChI=1S/C28H25N7O2/c1-16-9-23-21(26-22(27(29)32-23)13-31-35(26)4)11-20(16)28(36)34(3)24-15-37-25-10-17(7-8-19(24)25)5-6-18-12-30-33(2)14-18/h7-14,24H,15H2,1-4H3,(H2,29,32). The monoisotopic (exact) mass is 491 g/mol. The third kappa shape index (κ3) is 3.74. The molecule has 1 aliphatic rings. The third-order valence-electron chi connectivity index (χ3n) is 6.90. The Morgan fingerprint density at radius 2 is 1.92 bits per heavy atom. The molecule has 1 aliphatic heterocycles. The van der Waals surface area contributed by atoms with Crippen molar-refractivity contribution in [3.05, 3.63) is 76.7 Å². The van der Waals surface area contributed by atoms with Crippen LogP contribution in [0.2, 0.25) is 0 Å². The second kappa shape index (κ2) is 8.38. The maximum Gasteiger partial charge on any atom is 0.254 e. The molecule has 1 unspecified atom stereocenters. The van der Waals surface area contributed by atoms with Crippen molar-refractivity contribution in [3.63, 3.8) is 0 Å². The highest BCUT2D eigenvalue weighted by molar-refractivity contribution is 6.10. The van der Waals surface area contributed by atoms with Gasteiger partial charge in [0.25, 0.3) is 5.91 Å². The molecule has 0 spiro atoms. The number of nitrogens with zero attached hydrogens (tertiary/aromatic N) is 6. The van der Waals surface area contributed by atoms with E-state index in [4.69, 9.17) is 10.5 Å². The summed E-state index contributed by atoms with van der Waals surface area (Å²) in [7, 11) is 5.53. The van der Waals surface area contributed by atoms with Crippen LogP contribution >= 0.6 is 0 Å². The molecule has 9 heteroatoms. The van der Waals surface area contributed by atoms with E-state index >= 15 is 0 Å². The SMILES string of the molecule is Cc1cc2nc(N)c3cnn(C)c3c2cc1C(=O)N(C)C1COc2cc(C#Cc3cnn(C)c3)ccc21. The van der Waals surface area contributed by atoms with E-state index in [0.717, 1.165) is 49.8 Å². The maximum absolute atomic E-state index is 13.7. The summed E-state index contributed by atoms with van der Waals surface area (Å²) >= 11 is 0. The van der Waals surface area contributed by atoms with Crippen LogP contribution in [-0.2, 0) is 14.1 Å². The fourth-order valence-corrected chi connectivity index (χ4v) is 4.89. The van der Waals surface area contributed by atoms with E-state index in [2.05, 4.69) is 27.0 Å². The molecule has 0 fully saturated rings. The predicted molar refractivity (Wildman–Crippen MR) is 141 cm³/mol. The average Bonchev–Trinajstić information content (AvgIpc) is 3.60. The predicted octanol–water partition coefficient (Wildman–Crippen LogP) is 3.35. The van der Waals surface area contributed by atoms with Crippen LogP contribution in [0.5, 0.6) is 5.75 Å². The number of fused-ring (bicyclic) bond motifs is 4. The Kier molecular flexibility index (Phi) is 5.12. The fourth-order valence-electron chi connectivity index (χ4n) is 4.89. The summed E-state index contributed by atoms with van der Waals surface area (Å²) in [6.45, 7) is 2.30. The number of aromatic nitrogens is 5. The minimum absolute atomic E-state index is 0.0894. The number of hydrogen-bond donors (Lipinski definition) is 1. The summed E-state index contributed by atoms with van der Waals surface area (Å²) < 4.78 is 9.46. The topological polar surface area (TPSA) is 104 Å². The van der Waals surface area contributed by atoms with E-state index in [9.17, 15) is 4.79 Å². The smallest absolute Gasteiger partial charge is 0.254 e. The molecule has 5 aromatic rings. The van der Waals surface area contributed by atoms with Gasteiger partial charge in [0.15, 0.2) is 0 Å². The number of pyridine rings is 1. The second-order valence-electron chi connectivity index (χ2n) is 9.36. The molecule has 1 amide bonds. The second-order valence-corrected chi connectivity index (χ2v) is 9.36. The van der Waals surface area contributed by atoms with Crippen molar-refractivity contribution in [3.8, 4) is 17.6 Å². The molecule has 0 saturated heterocycles. The number of anilines is 1. The number of rotatable bonds is 2. The Morgan fingerprint density at radius 1 is 1.11 bits per heavy atom. The van der Waals surface area contributed by atoms with Crippen LogP contribution in [0.15, 0.2) is 48.9 Å². The first-order valence-electron chi connectivity index (χ1n) is 11.9. The molecular weight excluding hydrogens is 466 g/mol. The molecule has 6 rings (SSSR count). The number of benzene rings is 2. The zero-order valence-corrected chi connectivity index (χ0v) is 21.0. The first-order chi connectivity index (χ1) is 17.8. The van der Waals surface area contributed by atoms with Crippen LogP contribution in [-0.4, -0.2) is 49.0 Å². The van der Waals surface area contributed by atoms with Gasteiger partial charge in [0.1, 0.15) is 18.2 Å². The Labute approximate surface area is 213 Å². The van der Waals surface area contributed by atoms with Gasteiger partial charge >= 0.3 is 0 Å². The minimum atomic E-state index is -0.209. The van der Waals surface area contributed by atoms with Crippen LogP contribution in [0.3, 0.4) is 0 Å². The Morgan fingerprint density at radius 3 is 2.70 bits per heavy atom. The highest BCUT2D eigenvalue weighted by Gasteiger charge is 2.31. The van der Waals surface area contributed by atoms with Crippen LogP contribution < -0.4 is 10.5 Å². The lowest BCUT2D eigenvalue weighted by Gasteiger charge is -2.24. The molecule has 9 nitrogen and oxygen atoms in total. The molecule has 2 aromatic carbocycles. The van der Waals surface area contributed by atoms with Gasteiger partial charge in [-0.05, 0) is 36.8 Å². The first-order valence-corrected chi connectivity index (χ1v) is 11.9. The Bertz CT molecular complexity index is 1790. The van der Waals surface area contributed by atoms with E-state index in [1.807, 2.05) is 64.6 Å². The van der Waals surface area contributed by atoms with Crippen molar-refractivity contribution >= 4 is 33.5 Å². The quantitative estimate of drug-likeness (QED) is 0.380. The summed E-state index contributed by atoms with van der Waals surface area (Å²) in [5, 5.41) is 10.1. The van der Waals surface area contributed by atoms with Crippen LogP contribution in [0.4, 0.5) is 5.82 Å². The molecule has 4 heterocycles. The summed E-state index contributed by atoms with van der Waals surface area (Å²) in [5.74, 6) is 7.35. The van der Waals surface area contributed by atoms with Crippen LogP contribution in [0, 0.1) is 18.8 Å². The van der Waals surface area contributed by atoms with Gasteiger partial charge in [-0.3, -0.25) is 14.2 Å². The van der Waals surface area contributed by atoms with Gasteiger partial charge in [-0.2, -0.15) is 10.2 Å². The zero-order chi connectivity index (χ0) is 25.8. The van der Waals surface area contributed by atoms with Gasteiger partial charge < -0.3 is 15.4 Å². The third-order valence-corrected chi connectivity index (χ3v) is 6.90. The lowest BCUT2D eigenvalue weighted by Crippen LogP contribution is -2.32. The van der Waals surface area contributed by atoms with Gasteiger partial charge in [-0.25, -0.2) is 4.98 Å². The normalized spacial score (nSPS) is 14.3. The number of aryl methyl sites for hydroxylation is 3. The molecule has 1 atom stereocenters. The Hall–Kier alpha value is -4.84. The van der Waals surface area contributed by atoms with E-state index < -0.39 is 0 Å². The van der Waals surface area contributed by atoms with Gasteiger partial charge in [0.2, 0.25) is 0 Å². The maximum atomic E-state index is 13.7. The van der Waals surface area contributed by atoms with E-state index in [1.54, 1.807) is 26.7 Å². The van der Waals surface area contributed by atoms with Crippen molar-refractivity contribution in [1.29, 1.82) is 0 Å². The number of amides is 1. The molecule has 0 bridgehead atoms. The fraction of sp³-hybridized carbons (Fsp3) is 0.214. The lowest BCUT2D eigenvalue weighted by atomic mass is 10.0. The molecular formula is C28H25N7O2. The van der Waals surface area contributed by atoms with Crippen molar-refractivity contribution < 1.29 is 9.53 Å². The van der Waals surface area contributed by atoms with Crippen molar-refractivity contribution in [2.24, 2.45) is 14.1 Å². The highest BCUT2D eigenvalue weighted by Crippen LogP contribution is 2.37. The Balaban J connectivity index is 1.32. The molecule has 37 heavy (non-hydrogen) atoms. The molecule has 0 radical (unpaired) electrons. The van der Waals surface area contributed by atoms with E-state index in [1.165, 1.54) is 0 Å². The lowest BCUT2D eigenvalue weighted by molar-refractivity contribution is 0.0708. The van der Waals surface area contributed by atoms with Crippen molar-refractivity contribution in [2.45, 2.75) is 13.0 Å². The number of likely N-dealkylation sites (N-methyl/N-ethyl adjacent to an activating group) is 1. The van der Waals surface area contributed by atoms with E-state index in [0.29, 0.717) is 18.0 Å². The number of nitrogens with two attached hydrogens (primary N) is 1. The summed E-state index contributed by atoms with van der Waals surface area (Å²) in [6.07, 6.45) is 5.30. The van der Waals surface area contributed by atoms with Gasteiger partial charge in [0, 0.05) is 49.4 Å². The zero-order valence-electron chi connectivity index (χ0n) is 21.0. The summed E-state index contributed by atoms with van der Waals surface area (Å²) in [4.78, 5) is 20.0. The first kappa shape index (κ1) is 22.6. The number of hydrogen-bond acceptors (Lipinski definition) is 6. The van der Waals surface area contributed by atoms with Crippen LogP contribution in [0.25, 0.3) is 21.8 Å². The summed E-state index contributed by atoms with van der Waals surface area (Å²) in [5.41, 5.74) is 11.8. The number of carbonyl (C=O) groups excluding carboxylic acids is 1. The molecule has 0 saturated carbocycles. The van der Waals surface area contributed by atoms with Crippen molar-refractivity contribution in [2.75, 3.05) is 19.4 Å².